The number of nitrogens with zero attached hydrogens (tertiary/aromatic N) is 1. The molecule has 7 heteroatoms. The molecule has 1 aromatic carbocycles. The van der Waals surface area contributed by atoms with Crippen molar-refractivity contribution in [3.05, 3.63) is 29.8 Å². The minimum atomic E-state index is -3.69. The zero-order chi connectivity index (χ0) is 14.8. The minimum Gasteiger partial charge on any atom is -0.358 e. The van der Waals surface area contributed by atoms with E-state index in [0.29, 0.717) is 24.9 Å². The lowest BCUT2D eigenvalue weighted by molar-refractivity contribution is -0.123. The summed E-state index contributed by atoms with van der Waals surface area (Å²) in [6.45, 7) is 0.507. The standard InChI is InChI=1S/C13H19N3O3S/c1-15-13(17)11-6-4-8-16(11)20(18,19)12-7-3-2-5-10(12)9-14/h2-3,5,7,11H,4,6,8-9,14H2,1H3,(H,15,17). The number of benzene rings is 1. The molecule has 1 amide bonds. The molecule has 110 valence electrons. The van der Waals surface area contributed by atoms with Crippen molar-refractivity contribution in [2.45, 2.75) is 30.3 Å². The first kappa shape index (κ1) is 15.0. The Kier molecular flexibility index (Phi) is 4.42. The molecule has 1 saturated heterocycles. The Bertz CT molecular complexity index is 601. The van der Waals surface area contributed by atoms with Crippen molar-refractivity contribution in [3.8, 4) is 0 Å². The van der Waals surface area contributed by atoms with E-state index in [1.807, 2.05) is 0 Å². The molecule has 1 fully saturated rings. The molecule has 0 radical (unpaired) electrons. The maximum atomic E-state index is 12.7. The quantitative estimate of drug-likeness (QED) is 0.821. The van der Waals surface area contributed by atoms with E-state index < -0.39 is 16.1 Å². The number of amides is 1. The predicted octanol–water partition coefficient (Wildman–Crippen LogP) is 0.0444. The largest absolute Gasteiger partial charge is 0.358 e. The first-order valence-electron chi connectivity index (χ1n) is 6.53. The average Bonchev–Trinajstić information content (AvgIpc) is 2.96. The monoisotopic (exact) mass is 297 g/mol. The highest BCUT2D eigenvalue weighted by Gasteiger charge is 2.39. The van der Waals surface area contributed by atoms with E-state index in [1.165, 1.54) is 17.4 Å². The number of nitrogens with one attached hydrogen (secondary N) is 1. The van der Waals surface area contributed by atoms with E-state index in [2.05, 4.69) is 5.32 Å². The molecular formula is C13H19N3O3S. The van der Waals surface area contributed by atoms with E-state index in [1.54, 1.807) is 18.2 Å². The molecule has 0 bridgehead atoms. The van der Waals surface area contributed by atoms with Gasteiger partial charge in [0, 0.05) is 20.1 Å². The van der Waals surface area contributed by atoms with Crippen molar-refractivity contribution in [1.29, 1.82) is 0 Å². The van der Waals surface area contributed by atoms with Crippen LogP contribution in [-0.4, -0.2) is 38.3 Å². The molecule has 1 aliphatic heterocycles. The van der Waals surface area contributed by atoms with Crippen LogP contribution in [0.25, 0.3) is 0 Å². The van der Waals surface area contributed by atoms with Crippen LogP contribution in [0.2, 0.25) is 0 Å². The van der Waals surface area contributed by atoms with Gasteiger partial charge in [-0.3, -0.25) is 4.79 Å². The average molecular weight is 297 g/mol. The third kappa shape index (κ3) is 2.56. The summed E-state index contributed by atoms with van der Waals surface area (Å²) in [5.74, 6) is -0.267. The second-order valence-corrected chi connectivity index (χ2v) is 6.56. The Morgan fingerprint density at radius 2 is 2.15 bits per heavy atom. The molecule has 1 heterocycles. The van der Waals surface area contributed by atoms with Gasteiger partial charge in [-0.2, -0.15) is 4.31 Å². The van der Waals surface area contributed by atoms with E-state index in [-0.39, 0.29) is 17.3 Å². The van der Waals surface area contributed by atoms with Crippen molar-refractivity contribution in [1.82, 2.24) is 9.62 Å². The lowest BCUT2D eigenvalue weighted by Gasteiger charge is -2.23. The number of carbonyl (C=O) groups excluding carboxylic acids is 1. The number of nitrogens with two attached hydrogens (primary N) is 1. The molecule has 1 aromatic rings. The Hall–Kier alpha value is -1.44. The van der Waals surface area contributed by atoms with Crippen molar-refractivity contribution in [2.24, 2.45) is 5.73 Å². The van der Waals surface area contributed by atoms with Gasteiger partial charge in [0.15, 0.2) is 0 Å². The maximum absolute atomic E-state index is 12.7. The number of likely N-dealkylation sites (N-methyl/N-ethyl adjacent to an activating group) is 1. The van der Waals surface area contributed by atoms with Gasteiger partial charge >= 0.3 is 0 Å². The summed E-state index contributed by atoms with van der Waals surface area (Å²) in [5.41, 5.74) is 6.17. The van der Waals surface area contributed by atoms with Crippen LogP contribution in [-0.2, 0) is 21.4 Å². The second kappa shape index (κ2) is 5.90. The van der Waals surface area contributed by atoms with Gasteiger partial charge in [-0.1, -0.05) is 18.2 Å². The smallest absolute Gasteiger partial charge is 0.244 e. The summed E-state index contributed by atoms with van der Waals surface area (Å²) in [5, 5.41) is 2.52. The lowest BCUT2D eigenvalue weighted by Crippen LogP contribution is -2.45. The van der Waals surface area contributed by atoms with Crippen LogP contribution in [0.5, 0.6) is 0 Å². The normalized spacial score (nSPS) is 20.0. The number of hydrogen-bond donors (Lipinski definition) is 2. The number of hydrogen-bond acceptors (Lipinski definition) is 4. The molecule has 1 aliphatic rings. The van der Waals surface area contributed by atoms with Gasteiger partial charge in [0.05, 0.1) is 4.90 Å². The summed E-state index contributed by atoms with van der Waals surface area (Å²) >= 11 is 0. The molecule has 2 rings (SSSR count). The highest BCUT2D eigenvalue weighted by Crippen LogP contribution is 2.27. The van der Waals surface area contributed by atoms with Gasteiger partial charge in [-0.15, -0.1) is 0 Å². The molecule has 0 aromatic heterocycles. The van der Waals surface area contributed by atoms with Gasteiger partial charge in [0.1, 0.15) is 6.04 Å². The number of carbonyl (C=O) groups is 1. The molecule has 3 N–H and O–H groups in total. The Balaban J connectivity index is 2.42. The Morgan fingerprint density at radius 1 is 1.45 bits per heavy atom. The molecule has 0 spiro atoms. The summed E-state index contributed by atoms with van der Waals surface area (Å²) in [7, 11) is -2.18. The zero-order valence-electron chi connectivity index (χ0n) is 11.4. The fourth-order valence-electron chi connectivity index (χ4n) is 2.51. The fourth-order valence-corrected chi connectivity index (χ4v) is 4.40. The fraction of sp³-hybridized carbons (Fsp3) is 0.462. The lowest BCUT2D eigenvalue weighted by atomic mass is 10.2. The van der Waals surface area contributed by atoms with Gasteiger partial charge in [0.2, 0.25) is 15.9 Å². The van der Waals surface area contributed by atoms with E-state index >= 15 is 0 Å². The van der Waals surface area contributed by atoms with Crippen molar-refractivity contribution < 1.29 is 13.2 Å². The van der Waals surface area contributed by atoms with Gasteiger partial charge in [0.25, 0.3) is 0 Å². The first-order chi connectivity index (χ1) is 9.52. The van der Waals surface area contributed by atoms with E-state index in [4.69, 9.17) is 5.73 Å². The third-order valence-electron chi connectivity index (χ3n) is 3.53. The number of sulfonamides is 1. The minimum absolute atomic E-state index is 0.147. The van der Waals surface area contributed by atoms with Crippen LogP contribution in [0.1, 0.15) is 18.4 Å². The van der Waals surface area contributed by atoms with Crippen molar-refractivity contribution in [2.75, 3.05) is 13.6 Å². The third-order valence-corrected chi connectivity index (χ3v) is 5.54. The molecule has 0 saturated carbocycles. The highest BCUT2D eigenvalue weighted by molar-refractivity contribution is 7.89. The number of rotatable bonds is 4. The molecular weight excluding hydrogens is 278 g/mol. The Morgan fingerprint density at radius 3 is 2.80 bits per heavy atom. The van der Waals surface area contributed by atoms with Crippen LogP contribution < -0.4 is 11.1 Å². The summed E-state index contributed by atoms with van der Waals surface area (Å²) in [6.07, 6.45) is 1.23. The van der Waals surface area contributed by atoms with Gasteiger partial charge in [-0.25, -0.2) is 8.42 Å². The van der Waals surface area contributed by atoms with Crippen molar-refractivity contribution in [3.63, 3.8) is 0 Å². The summed E-state index contributed by atoms with van der Waals surface area (Å²) in [4.78, 5) is 12.0. The van der Waals surface area contributed by atoms with E-state index in [9.17, 15) is 13.2 Å². The summed E-state index contributed by atoms with van der Waals surface area (Å²) < 4.78 is 26.7. The van der Waals surface area contributed by atoms with Crippen LogP contribution in [0.4, 0.5) is 0 Å². The van der Waals surface area contributed by atoms with Gasteiger partial charge < -0.3 is 11.1 Å². The van der Waals surface area contributed by atoms with E-state index in [0.717, 1.165) is 0 Å². The summed E-state index contributed by atoms with van der Waals surface area (Å²) in [6, 6.07) is 6.02. The van der Waals surface area contributed by atoms with Crippen LogP contribution in [0, 0.1) is 0 Å². The molecule has 0 aliphatic carbocycles. The predicted molar refractivity (Wildman–Crippen MR) is 75.3 cm³/mol. The Labute approximate surface area is 119 Å². The van der Waals surface area contributed by atoms with Gasteiger partial charge in [-0.05, 0) is 24.5 Å². The van der Waals surface area contributed by atoms with Crippen LogP contribution in [0.3, 0.4) is 0 Å². The second-order valence-electron chi connectivity index (χ2n) is 4.70. The van der Waals surface area contributed by atoms with Crippen molar-refractivity contribution >= 4 is 15.9 Å². The maximum Gasteiger partial charge on any atom is 0.244 e. The molecule has 1 atom stereocenters. The molecule has 1 unspecified atom stereocenters. The zero-order valence-corrected chi connectivity index (χ0v) is 12.2. The highest BCUT2D eigenvalue weighted by atomic mass is 32.2. The SMILES string of the molecule is CNC(=O)C1CCCN1S(=O)(=O)c1ccccc1CN. The topological polar surface area (TPSA) is 92.5 Å². The molecule has 20 heavy (non-hydrogen) atoms. The van der Waals surface area contributed by atoms with Crippen LogP contribution >= 0.6 is 0 Å². The molecule has 6 nitrogen and oxygen atoms in total. The first-order valence-corrected chi connectivity index (χ1v) is 7.97. The van der Waals surface area contributed by atoms with Crippen LogP contribution in [0.15, 0.2) is 29.2 Å².